The summed E-state index contributed by atoms with van der Waals surface area (Å²) in [5.74, 6) is -0.858. The van der Waals surface area contributed by atoms with E-state index in [0.29, 0.717) is 20.0 Å². The first-order valence-electron chi connectivity index (χ1n) is 10.4. The molecule has 1 saturated heterocycles. The van der Waals surface area contributed by atoms with Gasteiger partial charge in [-0.1, -0.05) is 37.1 Å². The molecule has 1 fully saturated rings. The van der Waals surface area contributed by atoms with Crippen molar-refractivity contribution in [3.8, 4) is 0 Å². The Balaban J connectivity index is 0.000000161. The van der Waals surface area contributed by atoms with Crippen LogP contribution in [0.3, 0.4) is 0 Å². The van der Waals surface area contributed by atoms with Gasteiger partial charge in [-0.3, -0.25) is 0 Å². The first kappa shape index (κ1) is 25.4. The lowest BCUT2D eigenvalue weighted by atomic mass is 10.2. The largest absolute Gasteiger partial charge is 0.502 e. The Morgan fingerprint density at radius 1 is 0.970 bits per heavy atom. The minimum atomic E-state index is -0.494. The van der Waals surface area contributed by atoms with Crippen LogP contribution in [0.1, 0.15) is 38.3 Å². The molecule has 4 N–H and O–H groups in total. The molecule has 0 saturated carbocycles. The third kappa shape index (κ3) is 7.12. The van der Waals surface area contributed by atoms with Crippen LogP contribution in [0.25, 0.3) is 11.0 Å². The summed E-state index contributed by atoms with van der Waals surface area (Å²) in [6.07, 6.45) is 9.14. The van der Waals surface area contributed by atoms with Gasteiger partial charge in [0.25, 0.3) is 0 Å². The van der Waals surface area contributed by atoms with Crippen molar-refractivity contribution in [3.63, 3.8) is 0 Å². The summed E-state index contributed by atoms with van der Waals surface area (Å²) >= 11 is 6.35. The Labute approximate surface area is 207 Å². The number of hydrogen-bond donors (Lipinski definition) is 2. The van der Waals surface area contributed by atoms with Gasteiger partial charge in [-0.25, -0.2) is 13.5 Å². The number of fused-ring (bicyclic) bond motifs is 1. The number of allylic oxidation sites excluding steroid dienone is 1. The number of nitrogens with two attached hydrogens (primary N) is 2. The third-order valence-electron chi connectivity index (χ3n) is 4.88. The lowest BCUT2D eigenvalue weighted by Gasteiger charge is -2.22. The standard InChI is InChI=1S/C11H11BrFN3O.C6H6BrFN2.C5H8O/c12-7-5-8(13)11-9(6-7)16(15-14-11)10-3-1-2-4-17-10;7-3-1-4(8)6(10)5(9)2-3;1-2-4-6-5-3-1/h5-6,10H,1-4H2;1-2H,9-10H2;2,4H,1,3,5H2. The maximum atomic E-state index is 13.6. The van der Waals surface area contributed by atoms with Gasteiger partial charge in [0.2, 0.25) is 0 Å². The summed E-state index contributed by atoms with van der Waals surface area (Å²) in [6, 6.07) is 6.03. The average Bonchev–Trinajstić information content (AvgIpc) is 3.24. The van der Waals surface area contributed by atoms with Crippen molar-refractivity contribution >= 4 is 54.3 Å². The molecule has 0 bridgehead atoms. The zero-order chi connectivity index (χ0) is 23.8. The van der Waals surface area contributed by atoms with E-state index in [1.165, 1.54) is 25.0 Å². The molecule has 33 heavy (non-hydrogen) atoms. The van der Waals surface area contributed by atoms with E-state index < -0.39 is 5.82 Å². The van der Waals surface area contributed by atoms with Gasteiger partial charge < -0.3 is 20.9 Å². The van der Waals surface area contributed by atoms with Gasteiger partial charge in [0.05, 0.1) is 29.8 Å². The molecule has 2 aliphatic heterocycles. The van der Waals surface area contributed by atoms with Crippen LogP contribution in [0.15, 0.2) is 45.5 Å². The minimum absolute atomic E-state index is 0.00296. The van der Waals surface area contributed by atoms with Gasteiger partial charge in [0.1, 0.15) is 11.3 Å². The molecular weight excluding hydrogens is 564 g/mol. The highest BCUT2D eigenvalue weighted by molar-refractivity contribution is 9.10. The lowest BCUT2D eigenvalue weighted by molar-refractivity contribution is -0.0377. The summed E-state index contributed by atoms with van der Waals surface area (Å²) in [5, 5.41) is 7.87. The maximum Gasteiger partial charge on any atom is 0.154 e. The topological polar surface area (TPSA) is 101 Å². The second-order valence-electron chi connectivity index (χ2n) is 7.39. The van der Waals surface area contributed by atoms with Crippen LogP contribution in [-0.4, -0.2) is 28.2 Å². The number of rotatable bonds is 1. The molecule has 2 aromatic carbocycles. The molecule has 1 unspecified atom stereocenters. The van der Waals surface area contributed by atoms with Crippen LogP contribution in [0, 0.1) is 11.6 Å². The van der Waals surface area contributed by atoms with Crippen LogP contribution in [-0.2, 0) is 9.47 Å². The molecule has 2 aliphatic rings. The monoisotopic (exact) mass is 587 g/mol. The van der Waals surface area contributed by atoms with E-state index in [2.05, 4.69) is 42.2 Å². The second-order valence-corrected chi connectivity index (χ2v) is 9.22. The molecular formula is C22H25Br2F2N5O2. The lowest BCUT2D eigenvalue weighted by Crippen LogP contribution is -2.19. The van der Waals surface area contributed by atoms with Crippen molar-refractivity contribution in [2.75, 3.05) is 24.7 Å². The summed E-state index contributed by atoms with van der Waals surface area (Å²) in [7, 11) is 0. The predicted molar refractivity (Wildman–Crippen MR) is 131 cm³/mol. The van der Waals surface area contributed by atoms with E-state index >= 15 is 0 Å². The van der Waals surface area contributed by atoms with Crippen molar-refractivity contribution < 1.29 is 18.3 Å². The highest BCUT2D eigenvalue weighted by Crippen LogP contribution is 2.28. The molecule has 1 atom stereocenters. The average molecular weight is 589 g/mol. The van der Waals surface area contributed by atoms with Gasteiger partial charge in [0, 0.05) is 15.6 Å². The quantitative estimate of drug-likeness (QED) is 0.333. The molecule has 7 nitrogen and oxygen atoms in total. The van der Waals surface area contributed by atoms with Crippen molar-refractivity contribution in [1.29, 1.82) is 0 Å². The first-order valence-corrected chi connectivity index (χ1v) is 12.0. The fraction of sp³-hybridized carbons (Fsp3) is 0.364. The third-order valence-corrected chi connectivity index (χ3v) is 5.79. The zero-order valence-corrected chi connectivity index (χ0v) is 21.0. The van der Waals surface area contributed by atoms with E-state index in [-0.39, 0.29) is 23.4 Å². The second kappa shape index (κ2) is 12.3. The van der Waals surface area contributed by atoms with E-state index in [1.807, 2.05) is 12.1 Å². The Kier molecular flexibility index (Phi) is 9.45. The first-order chi connectivity index (χ1) is 15.9. The van der Waals surface area contributed by atoms with Crippen molar-refractivity contribution in [1.82, 2.24) is 15.0 Å². The van der Waals surface area contributed by atoms with E-state index in [9.17, 15) is 8.78 Å². The van der Waals surface area contributed by atoms with Gasteiger partial charge in [-0.15, -0.1) is 5.10 Å². The van der Waals surface area contributed by atoms with E-state index in [0.717, 1.165) is 32.5 Å². The van der Waals surface area contributed by atoms with Crippen LogP contribution in [0.2, 0.25) is 0 Å². The van der Waals surface area contributed by atoms with Crippen molar-refractivity contribution in [2.45, 2.75) is 38.3 Å². The number of nitrogens with zero attached hydrogens (tertiary/aromatic N) is 3. The molecule has 178 valence electrons. The predicted octanol–water partition coefficient (Wildman–Crippen LogP) is 6.10. The Morgan fingerprint density at radius 2 is 1.73 bits per heavy atom. The Bertz CT molecular complexity index is 1070. The van der Waals surface area contributed by atoms with Crippen molar-refractivity contribution in [2.24, 2.45) is 0 Å². The number of halogens is 4. The zero-order valence-electron chi connectivity index (χ0n) is 17.8. The minimum Gasteiger partial charge on any atom is -0.502 e. The smallest absolute Gasteiger partial charge is 0.154 e. The number of aromatic nitrogens is 3. The number of hydrogen-bond acceptors (Lipinski definition) is 6. The molecule has 1 aromatic heterocycles. The number of ether oxygens (including phenoxy) is 2. The molecule has 5 rings (SSSR count). The summed E-state index contributed by atoms with van der Waals surface area (Å²) in [4.78, 5) is 0. The van der Waals surface area contributed by atoms with Crippen molar-refractivity contribution in [3.05, 3.63) is 57.2 Å². The van der Waals surface area contributed by atoms with Gasteiger partial charge in [-0.05, 0) is 62.4 Å². The van der Waals surface area contributed by atoms with E-state index in [1.54, 1.807) is 17.0 Å². The van der Waals surface area contributed by atoms with E-state index in [4.69, 9.17) is 20.9 Å². The SMILES string of the molecule is C1=COCCC1.Fc1cc(Br)cc2c1nnn2C1CCCCO1.Nc1cc(Br)cc(F)c1N. The molecule has 0 spiro atoms. The fourth-order valence-corrected chi connectivity index (χ4v) is 4.06. The number of nitrogen functional groups attached to an aromatic ring is 2. The van der Waals surface area contributed by atoms with Gasteiger partial charge in [-0.2, -0.15) is 0 Å². The highest BCUT2D eigenvalue weighted by atomic mass is 79.9. The number of anilines is 2. The highest BCUT2D eigenvalue weighted by Gasteiger charge is 2.20. The maximum absolute atomic E-state index is 13.6. The van der Waals surface area contributed by atoms with Crippen LogP contribution >= 0.6 is 31.9 Å². The van der Waals surface area contributed by atoms with Crippen LogP contribution in [0.5, 0.6) is 0 Å². The number of benzene rings is 2. The molecule has 3 aromatic rings. The van der Waals surface area contributed by atoms with Gasteiger partial charge in [0.15, 0.2) is 12.0 Å². The molecule has 3 heterocycles. The van der Waals surface area contributed by atoms with Crippen LogP contribution in [0.4, 0.5) is 20.2 Å². The summed E-state index contributed by atoms with van der Waals surface area (Å²) in [6.45, 7) is 1.64. The molecule has 0 radical (unpaired) electrons. The summed E-state index contributed by atoms with van der Waals surface area (Å²) in [5.41, 5.74) is 11.8. The fourth-order valence-electron chi connectivity index (χ4n) is 3.19. The molecule has 11 heteroatoms. The normalized spacial score (nSPS) is 17.4. The molecule has 0 aliphatic carbocycles. The van der Waals surface area contributed by atoms with Gasteiger partial charge >= 0.3 is 0 Å². The molecule has 0 amide bonds. The van der Waals surface area contributed by atoms with Crippen LogP contribution < -0.4 is 11.5 Å². The Morgan fingerprint density at radius 3 is 2.30 bits per heavy atom. The summed E-state index contributed by atoms with van der Waals surface area (Å²) < 4.78 is 39.7. The Hall–Kier alpha value is -2.24.